The highest BCUT2D eigenvalue weighted by atomic mass is 35.5. The Morgan fingerprint density at radius 3 is 2.33 bits per heavy atom. The van der Waals surface area contributed by atoms with Crippen LogP contribution in [0.15, 0.2) is 35.7 Å². The summed E-state index contributed by atoms with van der Waals surface area (Å²) < 4.78 is 38.9. The van der Waals surface area contributed by atoms with Crippen molar-refractivity contribution in [3.63, 3.8) is 0 Å². The fourth-order valence-electron chi connectivity index (χ4n) is 2.10. The van der Waals surface area contributed by atoms with Gasteiger partial charge in [-0.15, -0.1) is 11.3 Å². The molecule has 1 nitrogen and oxygen atoms in total. The van der Waals surface area contributed by atoms with Gasteiger partial charge in [0.25, 0.3) is 0 Å². The number of hydrogen-bond acceptors (Lipinski definition) is 2. The van der Waals surface area contributed by atoms with Gasteiger partial charge in [0, 0.05) is 12.1 Å². The fraction of sp³-hybridized carbons (Fsp3) is 0.333. The highest BCUT2D eigenvalue weighted by Crippen LogP contribution is 2.31. The van der Waals surface area contributed by atoms with Gasteiger partial charge in [-0.2, -0.15) is 13.2 Å². The molecule has 0 aliphatic rings. The summed E-state index contributed by atoms with van der Waals surface area (Å²) in [4.78, 5) is 0. The van der Waals surface area contributed by atoms with Gasteiger partial charge in [0.1, 0.15) is 0 Å². The molecule has 0 aliphatic heterocycles. The molecule has 0 spiro atoms. The van der Waals surface area contributed by atoms with E-state index in [1.165, 1.54) is 23.5 Å². The summed E-state index contributed by atoms with van der Waals surface area (Å²) in [5, 5.41) is 5.23. The van der Waals surface area contributed by atoms with E-state index in [1.54, 1.807) is 6.07 Å². The van der Waals surface area contributed by atoms with Gasteiger partial charge < -0.3 is 5.32 Å². The number of benzene rings is 1. The summed E-state index contributed by atoms with van der Waals surface area (Å²) in [6, 6.07) is 7.08. The van der Waals surface area contributed by atoms with E-state index in [0.29, 0.717) is 9.90 Å². The summed E-state index contributed by atoms with van der Waals surface area (Å²) in [5.74, 6) is 0. The zero-order valence-corrected chi connectivity index (χ0v) is 13.1. The van der Waals surface area contributed by atoms with E-state index in [4.69, 9.17) is 11.6 Å². The first-order chi connectivity index (χ1) is 9.77. The van der Waals surface area contributed by atoms with Crippen molar-refractivity contribution in [2.24, 2.45) is 0 Å². The molecule has 0 bridgehead atoms. The minimum Gasteiger partial charge on any atom is -0.304 e. The molecule has 0 saturated heterocycles. The molecule has 0 saturated carbocycles. The first-order valence-corrected chi connectivity index (χ1v) is 7.70. The van der Waals surface area contributed by atoms with Gasteiger partial charge in [-0.05, 0) is 48.6 Å². The van der Waals surface area contributed by atoms with Crippen molar-refractivity contribution in [2.75, 3.05) is 0 Å². The number of hydrogen-bond donors (Lipinski definition) is 1. The van der Waals surface area contributed by atoms with Gasteiger partial charge >= 0.3 is 6.18 Å². The Labute approximate surface area is 130 Å². The topological polar surface area (TPSA) is 12.0 Å². The largest absolute Gasteiger partial charge is 0.416 e. The van der Waals surface area contributed by atoms with Gasteiger partial charge in [-0.25, -0.2) is 0 Å². The second kappa shape index (κ2) is 6.38. The zero-order chi connectivity index (χ0) is 15.6. The maximum absolute atomic E-state index is 12.7. The highest BCUT2D eigenvalue weighted by Gasteiger charge is 2.30. The monoisotopic (exact) mass is 333 g/mol. The second-order valence-corrected chi connectivity index (χ2v) is 6.46. The molecule has 2 unspecified atom stereocenters. The standard InChI is InChI=1S/C15H15ClF3NS/c1-9(20-10(2)12-7-14(16)21-8-12)11-4-3-5-13(6-11)15(17,18)19/h3-10,20H,1-2H3. The molecule has 21 heavy (non-hydrogen) atoms. The molecular weight excluding hydrogens is 319 g/mol. The molecule has 6 heteroatoms. The van der Waals surface area contributed by atoms with Crippen LogP contribution in [0.5, 0.6) is 0 Å². The molecule has 2 atom stereocenters. The van der Waals surface area contributed by atoms with E-state index in [-0.39, 0.29) is 12.1 Å². The molecule has 1 aromatic carbocycles. The van der Waals surface area contributed by atoms with Crippen LogP contribution < -0.4 is 5.32 Å². The van der Waals surface area contributed by atoms with Crippen molar-refractivity contribution >= 4 is 22.9 Å². The number of nitrogens with one attached hydrogen (secondary N) is 1. The zero-order valence-electron chi connectivity index (χ0n) is 11.5. The lowest BCUT2D eigenvalue weighted by Gasteiger charge is -2.20. The van der Waals surface area contributed by atoms with Crippen LogP contribution in [0.2, 0.25) is 4.34 Å². The van der Waals surface area contributed by atoms with Gasteiger partial charge in [0.2, 0.25) is 0 Å². The molecule has 2 rings (SSSR count). The molecule has 0 aliphatic carbocycles. The van der Waals surface area contributed by atoms with Crippen molar-refractivity contribution < 1.29 is 13.2 Å². The minimum absolute atomic E-state index is 0.0123. The molecule has 1 aromatic heterocycles. The third-order valence-corrected chi connectivity index (χ3v) is 4.41. The average molecular weight is 334 g/mol. The Bertz CT molecular complexity index is 609. The SMILES string of the molecule is CC(NC(C)c1csc(Cl)c1)c1cccc(C(F)(F)F)c1. The van der Waals surface area contributed by atoms with Gasteiger partial charge in [-0.3, -0.25) is 0 Å². The molecule has 0 fully saturated rings. The van der Waals surface area contributed by atoms with Crippen molar-refractivity contribution in [2.45, 2.75) is 32.1 Å². The predicted molar refractivity (Wildman–Crippen MR) is 80.7 cm³/mol. The highest BCUT2D eigenvalue weighted by molar-refractivity contribution is 7.14. The Kier molecular flexibility index (Phi) is 4.96. The van der Waals surface area contributed by atoms with E-state index in [1.807, 2.05) is 25.3 Å². The Morgan fingerprint density at radius 2 is 1.76 bits per heavy atom. The van der Waals surface area contributed by atoms with E-state index in [9.17, 15) is 13.2 Å². The first kappa shape index (κ1) is 16.3. The lowest BCUT2D eigenvalue weighted by Crippen LogP contribution is -2.22. The first-order valence-electron chi connectivity index (χ1n) is 6.44. The molecule has 114 valence electrons. The van der Waals surface area contributed by atoms with Crippen LogP contribution in [0.3, 0.4) is 0 Å². The lowest BCUT2D eigenvalue weighted by molar-refractivity contribution is -0.137. The van der Waals surface area contributed by atoms with Crippen LogP contribution >= 0.6 is 22.9 Å². The van der Waals surface area contributed by atoms with Crippen molar-refractivity contribution in [1.29, 1.82) is 0 Å². The van der Waals surface area contributed by atoms with E-state index < -0.39 is 11.7 Å². The van der Waals surface area contributed by atoms with Crippen molar-refractivity contribution in [3.05, 3.63) is 56.7 Å². The van der Waals surface area contributed by atoms with Crippen LogP contribution in [0.1, 0.15) is 42.6 Å². The Morgan fingerprint density at radius 1 is 1.10 bits per heavy atom. The molecule has 1 N–H and O–H groups in total. The van der Waals surface area contributed by atoms with Crippen LogP contribution in [-0.4, -0.2) is 0 Å². The quantitative estimate of drug-likeness (QED) is 0.742. The number of rotatable bonds is 4. The Hall–Kier alpha value is -1.04. The summed E-state index contributed by atoms with van der Waals surface area (Å²) in [6.07, 6.45) is -4.32. The van der Waals surface area contributed by atoms with Crippen molar-refractivity contribution in [1.82, 2.24) is 5.32 Å². The molecule has 0 radical (unpaired) electrons. The maximum atomic E-state index is 12.7. The molecule has 0 amide bonds. The van der Waals surface area contributed by atoms with Crippen LogP contribution in [0.4, 0.5) is 13.2 Å². The second-order valence-electron chi connectivity index (χ2n) is 4.92. The fourth-order valence-corrected chi connectivity index (χ4v) is 3.09. The normalized spacial score (nSPS) is 15.0. The third-order valence-electron chi connectivity index (χ3n) is 3.30. The molecule has 2 aromatic rings. The summed E-state index contributed by atoms with van der Waals surface area (Å²) in [6.45, 7) is 3.81. The number of halogens is 4. The van der Waals surface area contributed by atoms with Crippen LogP contribution in [0.25, 0.3) is 0 Å². The summed E-state index contributed by atoms with van der Waals surface area (Å²) in [7, 11) is 0. The van der Waals surface area contributed by atoms with Crippen molar-refractivity contribution in [3.8, 4) is 0 Å². The summed E-state index contributed by atoms with van der Waals surface area (Å²) in [5.41, 5.74) is 1.02. The van der Waals surface area contributed by atoms with E-state index >= 15 is 0 Å². The van der Waals surface area contributed by atoms with Gasteiger partial charge in [-0.1, -0.05) is 23.7 Å². The van der Waals surface area contributed by atoms with Gasteiger partial charge in [0.05, 0.1) is 9.90 Å². The average Bonchev–Trinajstić information content (AvgIpc) is 2.84. The van der Waals surface area contributed by atoms with Gasteiger partial charge in [0.15, 0.2) is 0 Å². The minimum atomic E-state index is -4.32. The summed E-state index contributed by atoms with van der Waals surface area (Å²) >= 11 is 7.33. The van der Waals surface area contributed by atoms with E-state index in [0.717, 1.165) is 11.6 Å². The molecular formula is C15H15ClF3NS. The lowest BCUT2D eigenvalue weighted by atomic mass is 10.0. The van der Waals surface area contributed by atoms with Crippen LogP contribution in [-0.2, 0) is 6.18 Å². The number of thiophene rings is 1. The smallest absolute Gasteiger partial charge is 0.304 e. The van der Waals surface area contributed by atoms with Crippen LogP contribution in [0, 0.1) is 0 Å². The van der Waals surface area contributed by atoms with E-state index in [2.05, 4.69) is 5.32 Å². The molecule has 1 heterocycles. The Balaban J connectivity index is 2.11. The third kappa shape index (κ3) is 4.22. The maximum Gasteiger partial charge on any atom is 0.416 e. The number of alkyl halides is 3. The predicted octanol–water partition coefficient (Wildman–Crippen LogP) is 5.83.